The van der Waals surface area contributed by atoms with Crippen molar-refractivity contribution in [3.05, 3.63) is 48.2 Å². The van der Waals surface area contributed by atoms with Gasteiger partial charge in [-0.15, -0.1) is 0 Å². The maximum atomic E-state index is 11.3. The van der Waals surface area contributed by atoms with Crippen molar-refractivity contribution >= 4 is 11.8 Å². The summed E-state index contributed by atoms with van der Waals surface area (Å²) in [5.41, 5.74) is 5.37. The number of rotatable bonds is 3. The molecule has 2 amide bonds. The molecule has 1 aromatic rings. The van der Waals surface area contributed by atoms with E-state index < -0.39 is 5.91 Å². The molecular formula is C10H10N2O2. The van der Waals surface area contributed by atoms with Crippen LogP contribution in [0.5, 0.6) is 0 Å². The van der Waals surface area contributed by atoms with E-state index in [0.29, 0.717) is 5.56 Å². The minimum atomic E-state index is -0.599. The van der Waals surface area contributed by atoms with E-state index in [4.69, 9.17) is 5.73 Å². The Hall–Kier alpha value is -2.10. The number of nitrogens with two attached hydrogens (primary N) is 1. The van der Waals surface area contributed by atoms with Crippen LogP contribution >= 0.6 is 0 Å². The van der Waals surface area contributed by atoms with Gasteiger partial charge in [-0.2, -0.15) is 0 Å². The van der Waals surface area contributed by atoms with E-state index in [9.17, 15) is 9.59 Å². The van der Waals surface area contributed by atoms with Crippen molar-refractivity contribution in [3.63, 3.8) is 0 Å². The van der Waals surface area contributed by atoms with Gasteiger partial charge in [-0.05, 0) is 12.1 Å². The highest BCUT2D eigenvalue weighted by Crippen LogP contribution is 1.97. The number of carbonyl (C=O) groups excluding carboxylic acids is 2. The highest BCUT2D eigenvalue weighted by atomic mass is 16.2. The third kappa shape index (κ3) is 3.10. The molecule has 4 nitrogen and oxygen atoms in total. The van der Waals surface area contributed by atoms with E-state index in [1.165, 1.54) is 6.20 Å². The molecule has 0 bridgehead atoms. The van der Waals surface area contributed by atoms with Crippen LogP contribution in [0.1, 0.15) is 10.4 Å². The first-order chi connectivity index (χ1) is 6.70. The summed E-state index contributed by atoms with van der Waals surface area (Å²) < 4.78 is 0. The third-order valence-electron chi connectivity index (χ3n) is 1.50. The molecule has 4 heteroatoms. The normalized spacial score (nSPS) is 10.0. The summed E-state index contributed by atoms with van der Waals surface area (Å²) in [6, 6.07) is 8.68. The van der Waals surface area contributed by atoms with Crippen LogP contribution < -0.4 is 11.1 Å². The number of benzene rings is 1. The first kappa shape index (κ1) is 9.98. The van der Waals surface area contributed by atoms with Crippen LogP contribution in [0, 0.1) is 0 Å². The first-order valence-electron chi connectivity index (χ1n) is 4.02. The molecule has 3 N–H and O–H groups in total. The molecule has 1 rings (SSSR count). The zero-order valence-electron chi connectivity index (χ0n) is 7.44. The number of carbonyl (C=O) groups is 2. The molecule has 0 aliphatic carbocycles. The van der Waals surface area contributed by atoms with Crippen LogP contribution in [0.4, 0.5) is 0 Å². The smallest absolute Gasteiger partial charge is 0.255 e. The fourth-order valence-electron chi connectivity index (χ4n) is 0.872. The second-order valence-electron chi connectivity index (χ2n) is 2.58. The van der Waals surface area contributed by atoms with Gasteiger partial charge >= 0.3 is 0 Å². The Morgan fingerprint density at radius 2 is 1.86 bits per heavy atom. The number of amides is 2. The van der Waals surface area contributed by atoms with Crippen molar-refractivity contribution in [2.24, 2.45) is 5.73 Å². The second kappa shape index (κ2) is 4.81. The lowest BCUT2D eigenvalue weighted by atomic mass is 10.2. The number of hydrogen-bond acceptors (Lipinski definition) is 2. The molecule has 14 heavy (non-hydrogen) atoms. The van der Waals surface area contributed by atoms with Crippen LogP contribution in [0.3, 0.4) is 0 Å². The predicted molar refractivity (Wildman–Crippen MR) is 52.2 cm³/mol. The highest BCUT2D eigenvalue weighted by Gasteiger charge is 2.00. The molecule has 0 aliphatic rings. The maximum absolute atomic E-state index is 11.3. The SMILES string of the molecule is NC(=O)C=CNC(=O)c1ccccc1. The minimum absolute atomic E-state index is 0.275. The van der Waals surface area contributed by atoms with Crippen molar-refractivity contribution in [2.45, 2.75) is 0 Å². The van der Waals surface area contributed by atoms with Crippen molar-refractivity contribution in [3.8, 4) is 0 Å². The van der Waals surface area contributed by atoms with Gasteiger partial charge in [0.25, 0.3) is 5.91 Å². The zero-order chi connectivity index (χ0) is 10.4. The van der Waals surface area contributed by atoms with E-state index in [2.05, 4.69) is 5.32 Å². The summed E-state index contributed by atoms with van der Waals surface area (Å²) in [4.78, 5) is 21.6. The molecule has 0 aliphatic heterocycles. The van der Waals surface area contributed by atoms with Gasteiger partial charge in [0.2, 0.25) is 5.91 Å². The van der Waals surface area contributed by atoms with Gasteiger partial charge < -0.3 is 11.1 Å². The zero-order valence-corrected chi connectivity index (χ0v) is 7.44. The average molecular weight is 190 g/mol. The molecule has 0 saturated carbocycles. The van der Waals surface area contributed by atoms with Crippen molar-refractivity contribution < 1.29 is 9.59 Å². The Morgan fingerprint density at radius 1 is 1.21 bits per heavy atom. The quantitative estimate of drug-likeness (QED) is 0.678. The largest absolute Gasteiger partial charge is 0.366 e. The Labute approximate surface area is 81.4 Å². The van der Waals surface area contributed by atoms with Gasteiger partial charge in [0.15, 0.2) is 0 Å². The van der Waals surface area contributed by atoms with E-state index in [1.807, 2.05) is 6.07 Å². The number of hydrogen-bond donors (Lipinski definition) is 2. The summed E-state index contributed by atoms with van der Waals surface area (Å²) in [6.07, 6.45) is 2.30. The fraction of sp³-hybridized carbons (Fsp3) is 0. The van der Waals surface area contributed by atoms with Gasteiger partial charge in [0, 0.05) is 17.8 Å². The van der Waals surface area contributed by atoms with Crippen LogP contribution in [0.15, 0.2) is 42.6 Å². The van der Waals surface area contributed by atoms with E-state index in [0.717, 1.165) is 6.08 Å². The van der Waals surface area contributed by atoms with E-state index >= 15 is 0 Å². The third-order valence-corrected chi connectivity index (χ3v) is 1.50. The fourth-order valence-corrected chi connectivity index (χ4v) is 0.872. The Morgan fingerprint density at radius 3 is 2.43 bits per heavy atom. The Kier molecular flexibility index (Phi) is 3.43. The van der Waals surface area contributed by atoms with E-state index in [1.54, 1.807) is 24.3 Å². The summed E-state index contributed by atoms with van der Waals surface area (Å²) in [7, 11) is 0. The molecule has 1 aromatic carbocycles. The second-order valence-corrected chi connectivity index (χ2v) is 2.58. The number of nitrogens with one attached hydrogen (secondary N) is 1. The Bertz CT molecular complexity index is 358. The summed E-state index contributed by atoms with van der Waals surface area (Å²) in [5, 5.41) is 2.41. The van der Waals surface area contributed by atoms with Crippen molar-refractivity contribution in [1.29, 1.82) is 0 Å². The predicted octanol–water partition coefficient (Wildman–Crippen LogP) is 0.415. The van der Waals surface area contributed by atoms with Crippen LogP contribution in [0.25, 0.3) is 0 Å². The van der Waals surface area contributed by atoms with Crippen LogP contribution in [0.2, 0.25) is 0 Å². The first-order valence-corrected chi connectivity index (χ1v) is 4.02. The van der Waals surface area contributed by atoms with Gasteiger partial charge in [-0.3, -0.25) is 9.59 Å². The lowest BCUT2D eigenvalue weighted by molar-refractivity contribution is -0.113. The van der Waals surface area contributed by atoms with Gasteiger partial charge in [-0.25, -0.2) is 0 Å². The molecular weight excluding hydrogens is 180 g/mol. The lowest BCUT2D eigenvalue weighted by Crippen LogP contribution is -2.18. The molecule has 0 unspecified atom stereocenters. The van der Waals surface area contributed by atoms with Gasteiger partial charge in [-0.1, -0.05) is 18.2 Å². The van der Waals surface area contributed by atoms with Crippen molar-refractivity contribution in [2.75, 3.05) is 0 Å². The van der Waals surface area contributed by atoms with Gasteiger partial charge in [0.1, 0.15) is 0 Å². The summed E-state index contributed by atoms with van der Waals surface area (Å²) >= 11 is 0. The molecule has 0 radical (unpaired) electrons. The molecule has 0 saturated heterocycles. The molecule has 72 valence electrons. The minimum Gasteiger partial charge on any atom is -0.366 e. The molecule has 0 aromatic heterocycles. The monoisotopic (exact) mass is 190 g/mol. The van der Waals surface area contributed by atoms with Crippen molar-refractivity contribution in [1.82, 2.24) is 5.32 Å². The lowest BCUT2D eigenvalue weighted by Gasteiger charge is -1.98. The summed E-state index contributed by atoms with van der Waals surface area (Å²) in [6.45, 7) is 0. The highest BCUT2D eigenvalue weighted by molar-refractivity contribution is 5.95. The summed E-state index contributed by atoms with van der Waals surface area (Å²) in [5.74, 6) is -0.874. The molecule has 0 fully saturated rings. The van der Waals surface area contributed by atoms with Crippen LogP contribution in [-0.4, -0.2) is 11.8 Å². The topological polar surface area (TPSA) is 72.2 Å². The maximum Gasteiger partial charge on any atom is 0.255 e. The average Bonchev–Trinajstić information content (AvgIpc) is 2.18. The molecule has 0 spiro atoms. The van der Waals surface area contributed by atoms with Crippen LogP contribution in [-0.2, 0) is 4.79 Å². The standard InChI is InChI=1S/C10H10N2O2/c11-9(13)6-7-12-10(14)8-4-2-1-3-5-8/h1-7H,(H2,11,13)(H,12,14). The Balaban J connectivity index is 2.56. The molecule has 0 atom stereocenters. The van der Waals surface area contributed by atoms with Gasteiger partial charge in [0.05, 0.1) is 0 Å². The molecule has 0 heterocycles. The van der Waals surface area contributed by atoms with E-state index in [-0.39, 0.29) is 5.91 Å². The number of primary amides is 1.